The van der Waals surface area contributed by atoms with Crippen LogP contribution in [0.4, 0.5) is 17.1 Å². The first kappa shape index (κ1) is 33.3. The number of benzene rings is 10. The molecular weight excluding hydrogens is 719 g/mol. The molecule has 0 fully saturated rings. The summed E-state index contributed by atoms with van der Waals surface area (Å²) in [6.45, 7) is 0. The highest BCUT2D eigenvalue weighted by molar-refractivity contribution is 6.12. The summed E-state index contributed by atoms with van der Waals surface area (Å²) >= 11 is 0. The van der Waals surface area contributed by atoms with E-state index < -0.39 is 0 Å². The Morgan fingerprint density at radius 3 is 1.54 bits per heavy atom. The third kappa shape index (κ3) is 5.51. The minimum atomic E-state index is 0.888. The van der Waals surface area contributed by atoms with Gasteiger partial charge in [0.05, 0.1) is 0 Å². The Morgan fingerprint density at radius 1 is 0.271 bits per heavy atom. The normalized spacial score (nSPS) is 11.7. The van der Waals surface area contributed by atoms with Gasteiger partial charge in [-0.2, -0.15) is 0 Å². The summed E-state index contributed by atoms with van der Waals surface area (Å²) in [7, 11) is 0. The summed E-state index contributed by atoms with van der Waals surface area (Å²) in [4.78, 5) is 2.35. The van der Waals surface area contributed by atoms with Gasteiger partial charge in [-0.15, -0.1) is 0 Å². The maximum Gasteiger partial charge on any atom is 0.143 e. The fourth-order valence-electron chi connectivity index (χ4n) is 8.98. The molecule has 12 aromatic rings. The number of fused-ring (bicyclic) bond motifs is 9. The molecule has 3 nitrogen and oxygen atoms in total. The number of hydrogen-bond acceptors (Lipinski definition) is 3. The summed E-state index contributed by atoms with van der Waals surface area (Å²) < 4.78 is 12.9. The van der Waals surface area contributed by atoms with Crippen LogP contribution in [0.2, 0.25) is 0 Å². The van der Waals surface area contributed by atoms with Gasteiger partial charge in [-0.1, -0.05) is 158 Å². The number of hydrogen-bond donors (Lipinski definition) is 0. The van der Waals surface area contributed by atoms with Crippen molar-refractivity contribution in [2.45, 2.75) is 0 Å². The van der Waals surface area contributed by atoms with E-state index in [1.54, 1.807) is 0 Å². The average molecular weight is 754 g/mol. The molecule has 10 aromatic carbocycles. The van der Waals surface area contributed by atoms with Crippen molar-refractivity contribution < 1.29 is 8.83 Å². The minimum absolute atomic E-state index is 0.888. The molecule has 0 amide bonds. The smallest absolute Gasteiger partial charge is 0.143 e. The quantitative estimate of drug-likeness (QED) is 0.158. The Balaban J connectivity index is 0.950. The molecule has 59 heavy (non-hydrogen) atoms. The van der Waals surface area contributed by atoms with Gasteiger partial charge in [0.15, 0.2) is 0 Å². The predicted octanol–water partition coefficient (Wildman–Crippen LogP) is 16.3. The van der Waals surface area contributed by atoms with Gasteiger partial charge in [0.1, 0.15) is 22.3 Å². The topological polar surface area (TPSA) is 29.5 Å². The second-order valence-electron chi connectivity index (χ2n) is 15.3. The van der Waals surface area contributed by atoms with Crippen molar-refractivity contribution in [1.82, 2.24) is 0 Å². The molecule has 0 N–H and O–H groups in total. The standard InChI is InChI=1S/C56H35NO2/c1-2-10-37(11-3-1)47-15-9-18-51-52-35-40(26-33-54(52)59-56(47)51)36-22-27-42(28-23-36)57(44-31-32-46-41(34-44)21-20-38-12-4-5-13-45(38)46)43-29-24-39(25-30-43)48-16-8-17-50-49-14-6-7-19-53(49)58-55(48)50/h1-35H. The van der Waals surface area contributed by atoms with Gasteiger partial charge < -0.3 is 13.7 Å². The molecule has 276 valence electrons. The highest BCUT2D eigenvalue weighted by atomic mass is 16.3. The summed E-state index contributed by atoms with van der Waals surface area (Å²) in [6.07, 6.45) is 0. The number of anilines is 3. The molecule has 0 aliphatic heterocycles. The van der Waals surface area contributed by atoms with Crippen molar-refractivity contribution in [3.05, 3.63) is 212 Å². The maximum atomic E-state index is 6.49. The highest BCUT2D eigenvalue weighted by Crippen LogP contribution is 2.42. The zero-order chi connectivity index (χ0) is 38.9. The fraction of sp³-hybridized carbons (Fsp3) is 0. The second kappa shape index (κ2) is 13.4. The molecule has 0 bridgehead atoms. The molecule has 0 saturated carbocycles. The van der Waals surface area contributed by atoms with E-state index in [0.717, 1.165) is 94.3 Å². The van der Waals surface area contributed by atoms with Crippen molar-refractivity contribution >= 4 is 82.5 Å². The van der Waals surface area contributed by atoms with Crippen LogP contribution in [0.25, 0.3) is 98.8 Å². The van der Waals surface area contributed by atoms with Gasteiger partial charge >= 0.3 is 0 Å². The Morgan fingerprint density at radius 2 is 0.797 bits per heavy atom. The molecule has 2 heterocycles. The van der Waals surface area contributed by atoms with Crippen LogP contribution < -0.4 is 4.90 Å². The summed E-state index contributed by atoms with van der Waals surface area (Å²) in [5, 5.41) is 9.45. The molecule has 3 heteroatoms. The third-order valence-electron chi connectivity index (χ3n) is 11.9. The maximum absolute atomic E-state index is 6.49. The molecule has 0 spiro atoms. The lowest BCUT2D eigenvalue weighted by atomic mass is 9.99. The van der Waals surface area contributed by atoms with Crippen LogP contribution in [0.1, 0.15) is 0 Å². The van der Waals surface area contributed by atoms with E-state index in [-0.39, 0.29) is 0 Å². The molecule has 0 saturated heterocycles. The number of nitrogens with zero attached hydrogens (tertiary/aromatic N) is 1. The summed E-state index contributed by atoms with van der Waals surface area (Å²) in [6, 6.07) is 75.7. The molecular formula is C56H35NO2. The van der Waals surface area contributed by atoms with Crippen LogP contribution in [0.5, 0.6) is 0 Å². The zero-order valence-corrected chi connectivity index (χ0v) is 32.0. The van der Waals surface area contributed by atoms with Crippen molar-refractivity contribution in [1.29, 1.82) is 0 Å². The van der Waals surface area contributed by atoms with Crippen molar-refractivity contribution in [3.8, 4) is 33.4 Å². The Kier molecular flexibility index (Phi) is 7.54. The van der Waals surface area contributed by atoms with E-state index in [9.17, 15) is 0 Å². The van der Waals surface area contributed by atoms with Crippen LogP contribution >= 0.6 is 0 Å². The second-order valence-corrected chi connectivity index (χ2v) is 15.3. The lowest BCUT2D eigenvalue weighted by molar-refractivity contribution is 0.669. The first-order valence-corrected chi connectivity index (χ1v) is 20.1. The lowest BCUT2D eigenvalue weighted by Crippen LogP contribution is -2.09. The molecule has 0 aliphatic rings. The fourth-order valence-corrected chi connectivity index (χ4v) is 8.98. The zero-order valence-electron chi connectivity index (χ0n) is 32.0. The Labute approximate surface area is 340 Å². The largest absolute Gasteiger partial charge is 0.455 e. The summed E-state index contributed by atoms with van der Waals surface area (Å²) in [5.74, 6) is 0. The molecule has 12 rings (SSSR count). The van der Waals surface area contributed by atoms with Crippen LogP contribution in [-0.4, -0.2) is 0 Å². The number of para-hydroxylation sites is 3. The predicted molar refractivity (Wildman–Crippen MR) is 247 cm³/mol. The first-order valence-electron chi connectivity index (χ1n) is 20.1. The van der Waals surface area contributed by atoms with Gasteiger partial charge in [0, 0.05) is 49.7 Å². The average Bonchev–Trinajstić information content (AvgIpc) is 3.88. The van der Waals surface area contributed by atoms with E-state index in [2.05, 4.69) is 199 Å². The van der Waals surface area contributed by atoms with E-state index >= 15 is 0 Å². The van der Waals surface area contributed by atoms with Crippen LogP contribution in [0, 0.1) is 0 Å². The first-order chi connectivity index (χ1) is 29.2. The molecule has 0 unspecified atom stereocenters. The lowest BCUT2D eigenvalue weighted by Gasteiger charge is -2.26. The highest BCUT2D eigenvalue weighted by Gasteiger charge is 2.18. The SMILES string of the molecule is c1ccc(-c2cccc3c2oc2ccc(-c4ccc(N(c5ccc(-c6cccc7c6oc6ccccc67)cc5)c5ccc6c(ccc7ccccc76)c5)cc4)cc23)cc1. The molecule has 2 aromatic heterocycles. The van der Waals surface area contributed by atoms with Crippen LogP contribution in [0.3, 0.4) is 0 Å². The number of rotatable bonds is 6. The van der Waals surface area contributed by atoms with Crippen molar-refractivity contribution in [2.24, 2.45) is 0 Å². The van der Waals surface area contributed by atoms with Crippen molar-refractivity contribution in [2.75, 3.05) is 4.90 Å². The molecule has 0 atom stereocenters. The van der Waals surface area contributed by atoms with Crippen LogP contribution in [0.15, 0.2) is 221 Å². The monoisotopic (exact) mass is 753 g/mol. The molecule has 0 radical (unpaired) electrons. The van der Waals surface area contributed by atoms with E-state index in [1.807, 2.05) is 18.2 Å². The van der Waals surface area contributed by atoms with E-state index in [0.29, 0.717) is 0 Å². The Bertz CT molecular complexity index is 3540. The van der Waals surface area contributed by atoms with Gasteiger partial charge in [0.2, 0.25) is 0 Å². The Hall–Kier alpha value is -7.88. The van der Waals surface area contributed by atoms with Crippen LogP contribution in [-0.2, 0) is 0 Å². The van der Waals surface area contributed by atoms with Gasteiger partial charge in [-0.3, -0.25) is 0 Å². The number of furan rings is 2. The van der Waals surface area contributed by atoms with Crippen molar-refractivity contribution in [3.63, 3.8) is 0 Å². The van der Waals surface area contributed by atoms with E-state index in [4.69, 9.17) is 8.83 Å². The molecule has 0 aliphatic carbocycles. The van der Waals surface area contributed by atoms with Gasteiger partial charge in [-0.05, 0) is 98.4 Å². The minimum Gasteiger partial charge on any atom is -0.455 e. The summed E-state index contributed by atoms with van der Waals surface area (Å²) in [5.41, 5.74) is 13.6. The van der Waals surface area contributed by atoms with Gasteiger partial charge in [0.25, 0.3) is 0 Å². The third-order valence-corrected chi connectivity index (χ3v) is 11.9. The van der Waals surface area contributed by atoms with Gasteiger partial charge in [-0.25, -0.2) is 0 Å². The van der Waals surface area contributed by atoms with E-state index in [1.165, 1.54) is 21.5 Å².